The zero-order chi connectivity index (χ0) is 15.7. The van der Waals surface area contributed by atoms with E-state index in [4.69, 9.17) is 0 Å². The van der Waals surface area contributed by atoms with Gasteiger partial charge in [0.2, 0.25) is 0 Å². The van der Waals surface area contributed by atoms with E-state index >= 15 is 0 Å². The van der Waals surface area contributed by atoms with E-state index in [1.54, 1.807) is 12.1 Å². The van der Waals surface area contributed by atoms with Crippen LogP contribution in [-0.2, 0) is 12.6 Å². The fraction of sp³-hybridized carbons (Fsp3) is 0.625. The first-order chi connectivity index (χ1) is 9.97. The molecule has 0 bridgehead atoms. The predicted octanol–water partition coefficient (Wildman–Crippen LogP) is 3.57. The summed E-state index contributed by atoms with van der Waals surface area (Å²) in [5.74, 6) is 0. The van der Waals surface area contributed by atoms with Gasteiger partial charge in [0, 0.05) is 0 Å². The van der Waals surface area contributed by atoms with Gasteiger partial charge in [0.15, 0.2) is 0 Å². The first-order valence-electron chi connectivity index (χ1n) is 7.56. The SMILES string of the molecule is CCN(CC)CCCNCCc1ccc(C(F)(F)F)cc1. The zero-order valence-electron chi connectivity index (χ0n) is 12.8. The Labute approximate surface area is 125 Å². The smallest absolute Gasteiger partial charge is 0.316 e. The minimum absolute atomic E-state index is 0.585. The zero-order valence-corrected chi connectivity index (χ0v) is 12.8. The van der Waals surface area contributed by atoms with E-state index in [2.05, 4.69) is 24.1 Å². The fourth-order valence-electron chi connectivity index (χ4n) is 2.19. The Morgan fingerprint density at radius 2 is 1.62 bits per heavy atom. The van der Waals surface area contributed by atoms with E-state index in [0.717, 1.165) is 63.3 Å². The van der Waals surface area contributed by atoms with E-state index < -0.39 is 11.7 Å². The highest BCUT2D eigenvalue weighted by atomic mass is 19.4. The van der Waals surface area contributed by atoms with Crippen molar-refractivity contribution in [2.24, 2.45) is 0 Å². The van der Waals surface area contributed by atoms with Crippen molar-refractivity contribution >= 4 is 0 Å². The summed E-state index contributed by atoms with van der Waals surface area (Å²) in [4.78, 5) is 2.37. The average Bonchev–Trinajstić information content (AvgIpc) is 2.46. The fourth-order valence-corrected chi connectivity index (χ4v) is 2.19. The number of hydrogen-bond donors (Lipinski definition) is 1. The lowest BCUT2D eigenvalue weighted by atomic mass is 10.1. The molecule has 0 aliphatic rings. The van der Waals surface area contributed by atoms with Crippen LogP contribution in [0, 0.1) is 0 Å². The first-order valence-corrected chi connectivity index (χ1v) is 7.56. The van der Waals surface area contributed by atoms with Gasteiger partial charge in [0.25, 0.3) is 0 Å². The normalized spacial score (nSPS) is 12.1. The van der Waals surface area contributed by atoms with E-state index in [0.29, 0.717) is 0 Å². The molecule has 0 atom stereocenters. The molecular weight excluding hydrogens is 277 g/mol. The van der Waals surface area contributed by atoms with Gasteiger partial charge in [0.05, 0.1) is 5.56 Å². The van der Waals surface area contributed by atoms with Crippen molar-refractivity contribution in [3.8, 4) is 0 Å². The van der Waals surface area contributed by atoms with Gasteiger partial charge in [-0.2, -0.15) is 13.2 Å². The largest absolute Gasteiger partial charge is 0.416 e. The minimum atomic E-state index is -4.25. The van der Waals surface area contributed by atoms with Crippen LogP contribution in [0.15, 0.2) is 24.3 Å². The number of nitrogens with one attached hydrogen (secondary N) is 1. The first kappa shape index (κ1) is 18.0. The van der Waals surface area contributed by atoms with Gasteiger partial charge in [-0.15, -0.1) is 0 Å². The van der Waals surface area contributed by atoms with Crippen molar-refractivity contribution in [3.63, 3.8) is 0 Å². The van der Waals surface area contributed by atoms with E-state index in [1.165, 1.54) is 0 Å². The van der Waals surface area contributed by atoms with Crippen molar-refractivity contribution in [2.75, 3.05) is 32.7 Å². The molecule has 0 aliphatic carbocycles. The topological polar surface area (TPSA) is 15.3 Å². The number of benzene rings is 1. The molecule has 120 valence electrons. The summed E-state index contributed by atoms with van der Waals surface area (Å²) in [6.07, 6.45) is -2.40. The molecule has 0 heterocycles. The molecule has 0 radical (unpaired) electrons. The molecular formula is C16H25F3N2. The molecule has 1 aromatic rings. The van der Waals surface area contributed by atoms with Crippen LogP contribution in [-0.4, -0.2) is 37.6 Å². The molecule has 0 aliphatic heterocycles. The molecule has 2 nitrogen and oxygen atoms in total. The number of rotatable bonds is 9. The molecule has 0 fully saturated rings. The summed E-state index contributed by atoms with van der Waals surface area (Å²) in [7, 11) is 0. The number of halogens is 3. The second-order valence-corrected chi connectivity index (χ2v) is 5.08. The Morgan fingerprint density at radius 1 is 1.00 bits per heavy atom. The molecule has 5 heteroatoms. The van der Waals surface area contributed by atoms with Gasteiger partial charge in [-0.05, 0) is 63.3 Å². The second kappa shape index (κ2) is 9.05. The third-order valence-corrected chi connectivity index (χ3v) is 3.59. The summed E-state index contributed by atoms with van der Waals surface area (Å²) in [5, 5.41) is 3.33. The Bertz CT molecular complexity index is 384. The lowest BCUT2D eigenvalue weighted by Gasteiger charge is -2.17. The highest BCUT2D eigenvalue weighted by Gasteiger charge is 2.29. The molecule has 0 amide bonds. The van der Waals surface area contributed by atoms with Crippen LogP contribution in [0.2, 0.25) is 0 Å². The standard InChI is InChI=1S/C16H25F3N2/c1-3-21(4-2)13-5-11-20-12-10-14-6-8-15(9-7-14)16(17,18)19/h6-9,20H,3-5,10-13H2,1-2H3. The van der Waals surface area contributed by atoms with Crippen LogP contribution in [0.4, 0.5) is 13.2 Å². The third kappa shape index (κ3) is 6.96. The third-order valence-electron chi connectivity index (χ3n) is 3.59. The monoisotopic (exact) mass is 302 g/mol. The lowest BCUT2D eigenvalue weighted by molar-refractivity contribution is -0.137. The van der Waals surface area contributed by atoms with Crippen LogP contribution >= 0.6 is 0 Å². The van der Waals surface area contributed by atoms with Crippen LogP contribution in [0.1, 0.15) is 31.4 Å². The lowest BCUT2D eigenvalue weighted by Crippen LogP contribution is -2.27. The molecule has 0 aromatic heterocycles. The van der Waals surface area contributed by atoms with Crippen molar-refractivity contribution < 1.29 is 13.2 Å². The van der Waals surface area contributed by atoms with Gasteiger partial charge in [-0.1, -0.05) is 26.0 Å². The van der Waals surface area contributed by atoms with Crippen molar-refractivity contribution in [2.45, 2.75) is 32.9 Å². The molecule has 0 spiro atoms. The van der Waals surface area contributed by atoms with Crippen LogP contribution in [0.3, 0.4) is 0 Å². The van der Waals surface area contributed by atoms with Crippen LogP contribution in [0.5, 0.6) is 0 Å². The number of hydrogen-bond acceptors (Lipinski definition) is 2. The summed E-state index contributed by atoms with van der Waals surface area (Å²) in [6.45, 7) is 9.27. The molecule has 0 unspecified atom stereocenters. The highest BCUT2D eigenvalue weighted by Crippen LogP contribution is 2.29. The summed E-state index contributed by atoms with van der Waals surface area (Å²) >= 11 is 0. The Hall–Kier alpha value is -1.07. The maximum atomic E-state index is 12.4. The van der Waals surface area contributed by atoms with Crippen LogP contribution < -0.4 is 5.32 Å². The molecule has 21 heavy (non-hydrogen) atoms. The Morgan fingerprint density at radius 3 is 2.14 bits per heavy atom. The Kier molecular flexibility index (Phi) is 7.75. The van der Waals surface area contributed by atoms with Gasteiger partial charge in [-0.25, -0.2) is 0 Å². The Balaban J connectivity index is 2.18. The molecule has 0 saturated carbocycles. The van der Waals surface area contributed by atoms with Crippen molar-refractivity contribution in [1.82, 2.24) is 10.2 Å². The van der Waals surface area contributed by atoms with Crippen LogP contribution in [0.25, 0.3) is 0 Å². The maximum absolute atomic E-state index is 12.4. The summed E-state index contributed by atoms with van der Waals surface area (Å²) in [6, 6.07) is 5.41. The molecule has 0 saturated heterocycles. The van der Waals surface area contributed by atoms with Gasteiger partial charge in [-0.3, -0.25) is 0 Å². The quantitative estimate of drug-likeness (QED) is 0.702. The number of alkyl halides is 3. The summed E-state index contributed by atoms with van der Waals surface area (Å²) in [5.41, 5.74) is 0.345. The van der Waals surface area contributed by atoms with Crippen molar-refractivity contribution in [1.29, 1.82) is 0 Å². The second-order valence-electron chi connectivity index (χ2n) is 5.08. The molecule has 1 N–H and O–H groups in total. The maximum Gasteiger partial charge on any atom is 0.416 e. The van der Waals surface area contributed by atoms with E-state index in [-0.39, 0.29) is 0 Å². The molecule has 1 aromatic carbocycles. The van der Waals surface area contributed by atoms with Gasteiger partial charge >= 0.3 is 6.18 Å². The summed E-state index contributed by atoms with van der Waals surface area (Å²) < 4.78 is 37.3. The van der Waals surface area contributed by atoms with E-state index in [9.17, 15) is 13.2 Å². The highest BCUT2D eigenvalue weighted by molar-refractivity contribution is 5.24. The van der Waals surface area contributed by atoms with Gasteiger partial charge in [0.1, 0.15) is 0 Å². The van der Waals surface area contributed by atoms with E-state index in [1.807, 2.05) is 0 Å². The minimum Gasteiger partial charge on any atom is -0.316 e. The van der Waals surface area contributed by atoms with Gasteiger partial charge < -0.3 is 10.2 Å². The predicted molar refractivity (Wildman–Crippen MR) is 80.4 cm³/mol. The molecule has 1 rings (SSSR count). The number of nitrogens with zero attached hydrogens (tertiary/aromatic N) is 1. The average molecular weight is 302 g/mol. The van der Waals surface area contributed by atoms with Crippen molar-refractivity contribution in [3.05, 3.63) is 35.4 Å².